The second kappa shape index (κ2) is 6.16. The number of carbonyl (C=O) groups excluding carboxylic acids is 1. The molecule has 0 aliphatic carbocycles. The molecule has 1 unspecified atom stereocenters. The summed E-state index contributed by atoms with van der Waals surface area (Å²) < 4.78 is 0. The summed E-state index contributed by atoms with van der Waals surface area (Å²) >= 11 is 0. The number of hydrogen-bond acceptors (Lipinski definition) is 2. The summed E-state index contributed by atoms with van der Waals surface area (Å²) in [4.78, 5) is 24.1. The van der Waals surface area contributed by atoms with Gasteiger partial charge in [0.1, 0.15) is 6.04 Å². The molecule has 1 amide bonds. The van der Waals surface area contributed by atoms with Crippen LogP contribution in [0.1, 0.15) is 38.5 Å². The van der Waals surface area contributed by atoms with Crippen molar-refractivity contribution in [2.45, 2.75) is 44.6 Å². The number of rotatable bonds is 5. The van der Waals surface area contributed by atoms with Crippen LogP contribution in [0.3, 0.4) is 0 Å². The van der Waals surface area contributed by atoms with Crippen molar-refractivity contribution in [1.29, 1.82) is 0 Å². The van der Waals surface area contributed by atoms with Gasteiger partial charge in [0.05, 0.1) is 0 Å². The first-order valence-corrected chi connectivity index (χ1v) is 5.62. The van der Waals surface area contributed by atoms with Crippen LogP contribution in [0.4, 0.5) is 0 Å². The van der Waals surface area contributed by atoms with E-state index in [4.69, 9.17) is 11.5 Å². The number of amides is 1. The molecular formula is C12H17NO3. The quantitative estimate of drug-likeness (QED) is 0.564. The molecule has 0 aromatic rings. The van der Waals surface area contributed by atoms with Crippen molar-refractivity contribution in [2.24, 2.45) is 0 Å². The fraction of sp³-hybridized carbons (Fsp3) is 0.667. The van der Waals surface area contributed by atoms with E-state index in [-0.39, 0.29) is 5.91 Å². The number of unbranched alkanes of at least 4 members (excludes halogenated alkanes) is 2. The molecule has 1 atom stereocenters. The molecule has 0 saturated carbocycles. The lowest BCUT2D eigenvalue weighted by molar-refractivity contribution is -0.148. The molecule has 0 bridgehead atoms. The van der Waals surface area contributed by atoms with Gasteiger partial charge in [0.15, 0.2) is 0 Å². The largest absolute Gasteiger partial charge is 0.480 e. The molecule has 1 saturated heterocycles. The van der Waals surface area contributed by atoms with E-state index in [9.17, 15) is 9.59 Å². The van der Waals surface area contributed by atoms with E-state index in [1.807, 2.05) is 0 Å². The van der Waals surface area contributed by atoms with Crippen LogP contribution in [0.15, 0.2) is 0 Å². The number of carbonyl (C=O) groups is 2. The number of likely N-dealkylation sites (tertiary alicyclic amines) is 1. The number of nitrogens with zero attached hydrogens (tertiary/aromatic N) is 1. The normalized spacial score (nSPS) is 19.4. The van der Waals surface area contributed by atoms with Gasteiger partial charge in [0, 0.05) is 19.4 Å². The average Bonchev–Trinajstić information content (AvgIpc) is 2.73. The SMILES string of the molecule is C#CCCCCC(=O)N1CCCC1C(=O)O. The van der Waals surface area contributed by atoms with E-state index in [1.165, 1.54) is 4.90 Å². The van der Waals surface area contributed by atoms with Crippen LogP contribution in [0.2, 0.25) is 0 Å². The Kier molecular flexibility index (Phi) is 4.84. The summed E-state index contributed by atoms with van der Waals surface area (Å²) in [6, 6.07) is -0.611. The van der Waals surface area contributed by atoms with Crippen LogP contribution in [0, 0.1) is 12.3 Å². The molecule has 16 heavy (non-hydrogen) atoms. The van der Waals surface area contributed by atoms with Crippen LogP contribution >= 0.6 is 0 Å². The van der Waals surface area contributed by atoms with Gasteiger partial charge in [-0.15, -0.1) is 12.3 Å². The minimum absolute atomic E-state index is 0.0538. The monoisotopic (exact) mass is 223 g/mol. The molecule has 0 aromatic heterocycles. The van der Waals surface area contributed by atoms with E-state index in [2.05, 4.69) is 5.92 Å². The molecule has 88 valence electrons. The van der Waals surface area contributed by atoms with Gasteiger partial charge in [0.2, 0.25) is 5.91 Å². The Bertz CT molecular complexity index is 306. The van der Waals surface area contributed by atoms with Gasteiger partial charge in [-0.3, -0.25) is 4.79 Å². The maximum atomic E-state index is 11.7. The molecule has 4 heteroatoms. The smallest absolute Gasteiger partial charge is 0.326 e. The Morgan fingerprint density at radius 2 is 2.19 bits per heavy atom. The number of carboxylic acids is 1. The molecule has 4 nitrogen and oxygen atoms in total. The van der Waals surface area contributed by atoms with Crippen molar-refractivity contribution in [3.05, 3.63) is 0 Å². The predicted molar refractivity (Wildman–Crippen MR) is 59.7 cm³/mol. The highest BCUT2D eigenvalue weighted by atomic mass is 16.4. The van der Waals surface area contributed by atoms with Crippen molar-refractivity contribution in [2.75, 3.05) is 6.54 Å². The molecule has 1 aliphatic rings. The van der Waals surface area contributed by atoms with Crippen molar-refractivity contribution in [3.63, 3.8) is 0 Å². The van der Waals surface area contributed by atoms with Gasteiger partial charge in [-0.2, -0.15) is 0 Å². The molecule has 1 fully saturated rings. The number of aliphatic carboxylic acids is 1. The number of carboxylic acid groups (broad SMARTS) is 1. The summed E-state index contributed by atoms with van der Waals surface area (Å²) in [5.41, 5.74) is 0. The summed E-state index contributed by atoms with van der Waals surface area (Å²) in [6.45, 7) is 0.574. The van der Waals surface area contributed by atoms with Gasteiger partial charge >= 0.3 is 5.97 Å². The first kappa shape index (κ1) is 12.6. The Hall–Kier alpha value is -1.50. The van der Waals surface area contributed by atoms with Crippen molar-refractivity contribution >= 4 is 11.9 Å². The Labute approximate surface area is 95.6 Å². The van der Waals surface area contributed by atoms with E-state index < -0.39 is 12.0 Å². The molecular weight excluding hydrogens is 206 g/mol. The van der Waals surface area contributed by atoms with Gasteiger partial charge < -0.3 is 10.0 Å². The zero-order valence-electron chi connectivity index (χ0n) is 9.32. The summed E-state index contributed by atoms with van der Waals surface area (Å²) in [6.07, 6.45) is 9.12. The predicted octanol–water partition coefficient (Wildman–Crippen LogP) is 1.26. The van der Waals surface area contributed by atoms with Crippen LogP contribution in [-0.4, -0.2) is 34.5 Å². The van der Waals surface area contributed by atoms with Gasteiger partial charge in [-0.25, -0.2) is 4.79 Å². The first-order valence-electron chi connectivity index (χ1n) is 5.62. The van der Waals surface area contributed by atoms with Crippen LogP contribution in [-0.2, 0) is 9.59 Å². The first-order chi connectivity index (χ1) is 7.66. The van der Waals surface area contributed by atoms with E-state index in [0.29, 0.717) is 25.8 Å². The summed E-state index contributed by atoms with van der Waals surface area (Å²) in [5, 5.41) is 8.92. The van der Waals surface area contributed by atoms with Gasteiger partial charge in [-0.05, 0) is 25.7 Å². The zero-order valence-corrected chi connectivity index (χ0v) is 9.32. The molecule has 0 spiro atoms. The standard InChI is InChI=1S/C12H17NO3/c1-2-3-4-5-8-11(14)13-9-6-7-10(13)12(15)16/h1,10H,3-9H2,(H,15,16). The van der Waals surface area contributed by atoms with Gasteiger partial charge in [0.25, 0.3) is 0 Å². The maximum absolute atomic E-state index is 11.7. The third-order valence-electron chi connectivity index (χ3n) is 2.82. The highest BCUT2D eigenvalue weighted by Gasteiger charge is 2.33. The second-order valence-electron chi connectivity index (χ2n) is 3.99. The zero-order chi connectivity index (χ0) is 12.0. The number of hydrogen-bond donors (Lipinski definition) is 1. The molecule has 1 rings (SSSR count). The second-order valence-corrected chi connectivity index (χ2v) is 3.99. The van der Waals surface area contributed by atoms with Crippen LogP contribution < -0.4 is 0 Å². The fourth-order valence-corrected chi connectivity index (χ4v) is 1.97. The highest BCUT2D eigenvalue weighted by Crippen LogP contribution is 2.19. The Morgan fingerprint density at radius 3 is 2.81 bits per heavy atom. The molecule has 0 radical (unpaired) electrons. The molecule has 1 N–H and O–H groups in total. The third kappa shape index (κ3) is 3.27. The van der Waals surface area contributed by atoms with Crippen molar-refractivity contribution in [3.8, 4) is 12.3 Å². The van der Waals surface area contributed by atoms with Crippen molar-refractivity contribution < 1.29 is 14.7 Å². The van der Waals surface area contributed by atoms with Crippen LogP contribution in [0.25, 0.3) is 0 Å². The summed E-state index contributed by atoms with van der Waals surface area (Å²) in [7, 11) is 0. The van der Waals surface area contributed by atoms with Crippen LogP contribution in [0.5, 0.6) is 0 Å². The molecule has 1 heterocycles. The topological polar surface area (TPSA) is 57.6 Å². The minimum atomic E-state index is -0.894. The summed E-state index contributed by atoms with van der Waals surface area (Å²) in [5.74, 6) is 1.57. The highest BCUT2D eigenvalue weighted by molar-refractivity contribution is 5.84. The molecule has 1 aliphatic heterocycles. The Morgan fingerprint density at radius 1 is 1.44 bits per heavy atom. The molecule has 0 aromatic carbocycles. The minimum Gasteiger partial charge on any atom is -0.480 e. The Balaban J connectivity index is 2.36. The lowest BCUT2D eigenvalue weighted by atomic mass is 10.1. The maximum Gasteiger partial charge on any atom is 0.326 e. The lowest BCUT2D eigenvalue weighted by Crippen LogP contribution is -2.40. The fourth-order valence-electron chi connectivity index (χ4n) is 1.97. The van der Waals surface area contributed by atoms with Gasteiger partial charge in [-0.1, -0.05) is 0 Å². The van der Waals surface area contributed by atoms with E-state index in [1.54, 1.807) is 0 Å². The third-order valence-corrected chi connectivity index (χ3v) is 2.82. The van der Waals surface area contributed by atoms with E-state index in [0.717, 1.165) is 19.3 Å². The number of terminal acetylenes is 1. The lowest BCUT2D eigenvalue weighted by Gasteiger charge is -2.21. The van der Waals surface area contributed by atoms with Crippen molar-refractivity contribution in [1.82, 2.24) is 4.90 Å². The average molecular weight is 223 g/mol. The van der Waals surface area contributed by atoms with E-state index >= 15 is 0 Å².